The molecular weight excluding hydrogens is 420 g/mol. The second-order valence-electron chi connectivity index (χ2n) is 7.12. The van der Waals surface area contributed by atoms with E-state index in [2.05, 4.69) is 30.0 Å². The monoisotopic (exact) mass is 448 g/mol. The van der Waals surface area contributed by atoms with E-state index >= 15 is 0 Å². The van der Waals surface area contributed by atoms with E-state index in [0.717, 1.165) is 6.08 Å². The third-order valence-corrected chi connectivity index (χ3v) is 4.73. The van der Waals surface area contributed by atoms with E-state index in [1.807, 2.05) is 0 Å². The van der Waals surface area contributed by atoms with Crippen LogP contribution in [0.15, 0.2) is 88.1 Å². The van der Waals surface area contributed by atoms with Gasteiger partial charge in [0.05, 0.1) is 0 Å². The van der Waals surface area contributed by atoms with Crippen molar-refractivity contribution in [3.8, 4) is 0 Å². The summed E-state index contributed by atoms with van der Waals surface area (Å²) in [6, 6.07) is 4.36. The summed E-state index contributed by atoms with van der Waals surface area (Å²) >= 11 is 0. The smallest absolute Gasteiger partial charge is 0.389 e. The fourth-order valence-electron chi connectivity index (χ4n) is 3.05. The molecule has 1 unspecified atom stereocenters. The summed E-state index contributed by atoms with van der Waals surface area (Å²) in [4.78, 5) is 8.81. The van der Waals surface area contributed by atoms with Gasteiger partial charge in [-0.05, 0) is 61.9 Å². The zero-order valence-corrected chi connectivity index (χ0v) is 18.8. The molecule has 0 radical (unpaired) electrons. The highest BCUT2D eigenvalue weighted by atomic mass is 19.4. The molecule has 0 aliphatic carbocycles. The van der Waals surface area contributed by atoms with Crippen molar-refractivity contribution in [2.75, 3.05) is 6.61 Å². The molecule has 32 heavy (non-hydrogen) atoms. The van der Waals surface area contributed by atoms with Crippen LogP contribution in [-0.4, -0.2) is 25.3 Å². The predicted octanol–water partition coefficient (Wildman–Crippen LogP) is 7.27. The Morgan fingerprint density at radius 2 is 1.94 bits per heavy atom. The van der Waals surface area contributed by atoms with Gasteiger partial charge >= 0.3 is 6.18 Å². The molecule has 0 aliphatic heterocycles. The van der Waals surface area contributed by atoms with E-state index < -0.39 is 23.5 Å². The van der Waals surface area contributed by atoms with Gasteiger partial charge in [-0.2, -0.15) is 13.2 Å². The number of hydrogen-bond acceptors (Lipinski definition) is 2. The Morgan fingerprint density at radius 1 is 1.28 bits per heavy atom. The van der Waals surface area contributed by atoms with Crippen LogP contribution in [0.4, 0.5) is 17.6 Å². The Bertz CT molecular complexity index is 982. The average Bonchev–Trinajstić information content (AvgIpc) is 2.71. The summed E-state index contributed by atoms with van der Waals surface area (Å²) in [6.07, 6.45) is 1.22. The molecule has 1 aromatic carbocycles. The molecule has 0 fully saturated rings. The zero-order chi connectivity index (χ0) is 24.5. The van der Waals surface area contributed by atoms with Gasteiger partial charge in [0.15, 0.2) is 5.84 Å². The van der Waals surface area contributed by atoms with Gasteiger partial charge in [0.1, 0.15) is 12.4 Å². The second kappa shape index (κ2) is 12.0. The maximum Gasteiger partial charge on any atom is 0.413 e. The van der Waals surface area contributed by atoms with Crippen molar-refractivity contribution in [2.24, 2.45) is 16.1 Å². The Hall–Kier alpha value is -3.22. The lowest BCUT2D eigenvalue weighted by Gasteiger charge is -2.23. The van der Waals surface area contributed by atoms with Crippen LogP contribution in [0.25, 0.3) is 0 Å². The van der Waals surface area contributed by atoms with Crippen molar-refractivity contribution in [3.63, 3.8) is 0 Å². The van der Waals surface area contributed by atoms with Crippen molar-refractivity contribution in [1.82, 2.24) is 0 Å². The number of allylic oxidation sites excluding steroid dienone is 6. The zero-order valence-electron chi connectivity index (χ0n) is 18.8. The summed E-state index contributed by atoms with van der Waals surface area (Å²) < 4.78 is 55.1. The first-order valence-corrected chi connectivity index (χ1v) is 9.81. The number of alkyl halides is 3. The van der Waals surface area contributed by atoms with Crippen LogP contribution in [0.5, 0.6) is 0 Å². The van der Waals surface area contributed by atoms with Gasteiger partial charge in [0.25, 0.3) is 0 Å². The molecule has 1 atom stereocenters. The molecule has 0 N–H and O–H groups in total. The standard InChI is InChI=1S/C25H28F4N2O/c1-8-10-17(4)21(9-2)19(6)22(25(27,28)29)13-16(3)15-32-31-24(30-7)20-12-11-18(5)23(26)14-20/h8-14,19H,1,3,7,15H2,2,4-6H3. The number of hydrogen-bond donors (Lipinski definition) is 0. The van der Waals surface area contributed by atoms with Gasteiger partial charge in [0.2, 0.25) is 0 Å². The number of oxime groups is 1. The molecule has 3 nitrogen and oxygen atoms in total. The molecule has 7 heteroatoms. The quantitative estimate of drug-likeness (QED) is 0.129. The number of benzene rings is 1. The lowest BCUT2D eigenvalue weighted by Crippen LogP contribution is -2.20. The largest absolute Gasteiger partial charge is 0.413 e. The van der Waals surface area contributed by atoms with Crippen LogP contribution in [0.3, 0.4) is 0 Å². The Balaban J connectivity index is 3.09. The van der Waals surface area contributed by atoms with Crippen molar-refractivity contribution >= 4 is 12.6 Å². The molecular formula is C25H28F4N2O. The van der Waals surface area contributed by atoms with E-state index in [1.54, 1.807) is 45.1 Å². The summed E-state index contributed by atoms with van der Waals surface area (Å²) in [5.74, 6) is -1.38. The fourth-order valence-corrected chi connectivity index (χ4v) is 3.05. The fraction of sp³-hybridized carbons (Fsp3) is 0.280. The van der Waals surface area contributed by atoms with Crippen LogP contribution in [0, 0.1) is 18.7 Å². The highest BCUT2D eigenvalue weighted by molar-refractivity contribution is 6.01. The molecule has 1 rings (SSSR count). The minimum Gasteiger partial charge on any atom is -0.389 e. The summed E-state index contributed by atoms with van der Waals surface area (Å²) in [5.41, 5.74) is 1.29. The predicted molar refractivity (Wildman–Crippen MR) is 123 cm³/mol. The van der Waals surface area contributed by atoms with Gasteiger partial charge in [-0.15, -0.1) is 0 Å². The van der Waals surface area contributed by atoms with Gasteiger partial charge in [-0.3, -0.25) is 0 Å². The lowest BCUT2D eigenvalue weighted by molar-refractivity contribution is -0.0970. The molecule has 172 valence electrons. The van der Waals surface area contributed by atoms with Gasteiger partial charge in [-0.1, -0.05) is 55.6 Å². The third kappa shape index (κ3) is 7.48. The van der Waals surface area contributed by atoms with Crippen LogP contribution >= 0.6 is 0 Å². The Morgan fingerprint density at radius 3 is 2.44 bits per heavy atom. The molecule has 0 heterocycles. The maximum atomic E-state index is 13.8. The van der Waals surface area contributed by atoms with Gasteiger partial charge < -0.3 is 4.84 Å². The number of nitrogens with zero attached hydrogens (tertiary/aromatic N) is 2. The molecule has 1 aromatic rings. The first-order chi connectivity index (χ1) is 15.0. The van der Waals surface area contributed by atoms with E-state index in [4.69, 9.17) is 4.84 Å². The second-order valence-corrected chi connectivity index (χ2v) is 7.12. The van der Waals surface area contributed by atoms with Crippen LogP contribution < -0.4 is 0 Å². The van der Waals surface area contributed by atoms with E-state index in [0.29, 0.717) is 22.3 Å². The van der Waals surface area contributed by atoms with Crippen molar-refractivity contribution in [2.45, 2.75) is 33.9 Å². The van der Waals surface area contributed by atoms with Crippen molar-refractivity contribution < 1.29 is 22.4 Å². The highest BCUT2D eigenvalue weighted by Gasteiger charge is 2.38. The number of amidine groups is 1. The minimum absolute atomic E-state index is 0.00600. The number of aryl methyl sites for hydroxylation is 1. The highest BCUT2D eigenvalue weighted by Crippen LogP contribution is 2.37. The molecule has 0 amide bonds. The molecule has 0 saturated heterocycles. The van der Waals surface area contributed by atoms with Crippen LogP contribution in [0.1, 0.15) is 31.9 Å². The summed E-state index contributed by atoms with van der Waals surface area (Å²) in [5, 5.41) is 3.76. The first kappa shape index (κ1) is 26.8. The molecule has 0 aromatic heterocycles. The third-order valence-electron chi connectivity index (χ3n) is 4.73. The Labute approximate surface area is 186 Å². The Kier molecular flexibility index (Phi) is 10.0. The number of rotatable bonds is 9. The summed E-state index contributed by atoms with van der Waals surface area (Å²) in [6.45, 7) is 16.8. The van der Waals surface area contributed by atoms with Crippen molar-refractivity contribution in [1.29, 1.82) is 0 Å². The molecule has 0 saturated carbocycles. The normalized spacial score (nSPS) is 14.8. The minimum atomic E-state index is -4.57. The molecule has 0 spiro atoms. The van der Waals surface area contributed by atoms with E-state index in [1.165, 1.54) is 19.1 Å². The SMILES string of the molecule is C=CC=C(C)C(=CC)C(C)C(=CC(=C)CON=C(N=C)c1ccc(C)c(F)c1)C(F)(F)F. The first-order valence-electron chi connectivity index (χ1n) is 9.81. The van der Waals surface area contributed by atoms with Crippen molar-refractivity contribution in [3.05, 3.63) is 94.9 Å². The topological polar surface area (TPSA) is 34.0 Å². The van der Waals surface area contributed by atoms with Crippen LogP contribution in [-0.2, 0) is 4.84 Å². The van der Waals surface area contributed by atoms with Crippen LogP contribution in [0.2, 0.25) is 0 Å². The number of halogens is 4. The lowest BCUT2D eigenvalue weighted by atomic mass is 9.86. The average molecular weight is 449 g/mol. The molecule has 0 aliphatic rings. The van der Waals surface area contributed by atoms with E-state index in [-0.39, 0.29) is 18.0 Å². The van der Waals surface area contributed by atoms with E-state index in [9.17, 15) is 17.6 Å². The number of aliphatic imine (C=N–C) groups is 1. The summed E-state index contributed by atoms with van der Waals surface area (Å²) in [7, 11) is 0. The van der Waals surface area contributed by atoms with Gasteiger partial charge in [0, 0.05) is 17.1 Å². The molecule has 0 bridgehead atoms. The van der Waals surface area contributed by atoms with Gasteiger partial charge in [-0.25, -0.2) is 9.38 Å². The maximum absolute atomic E-state index is 13.8.